The molecule has 4 rings (SSSR count). The lowest BCUT2D eigenvalue weighted by atomic mass is 9.96. The molecule has 2 aromatic rings. The maximum Gasteiger partial charge on any atom is 0.285 e. The fourth-order valence-corrected chi connectivity index (χ4v) is 5.49. The van der Waals surface area contributed by atoms with Gasteiger partial charge in [0.05, 0.1) is 10.0 Å². The van der Waals surface area contributed by atoms with Gasteiger partial charge in [-0.05, 0) is 51.7 Å². The second-order valence-corrected chi connectivity index (χ2v) is 10.5. The van der Waals surface area contributed by atoms with Crippen LogP contribution in [0.1, 0.15) is 67.4 Å². The lowest BCUT2D eigenvalue weighted by Gasteiger charge is -2.36. The van der Waals surface area contributed by atoms with Gasteiger partial charge in [-0.15, -0.1) is 11.3 Å². The summed E-state index contributed by atoms with van der Waals surface area (Å²) in [5.41, 5.74) is 2.44. The average Bonchev–Trinajstić information content (AvgIpc) is 3.31. The zero-order chi connectivity index (χ0) is 23.4. The van der Waals surface area contributed by atoms with Crippen LogP contribution in [0.3, 0.4) is 0 Å². The minimum absolute atomic E-state index is 0.0541. The van der Waals surface area contributed by atoms with Crippen molar-refractivity contribution in [2.24, 2.45) is 0 Å². The van der Waals surface area contributed by atoms with Crippen molar-refractivity contribution in [2.75, 3.05) is 26.2 Å². The lowest BCUT2D eigenvalue weighted by Crippen LogP contribution is -2.51. The van der Waals surface area contributed by atoms with Gasteiger partial charge in [-0.3, -0.25) is 15.0 Å². The number of para-hydroxylation sites is 1. The third-order valence-corrected chi connectivity index (χ3v) is 7.54. The lowest BCUT2D eigenvalue weighted by molar-refractivity contribution is -0.146. The first-order chi connectivity index (χ1) is 15.8. The Morgan fingerprint density at radius 2 is 1.82 bits per heavy atom. The predicted molar refractivity (Wildman–Crippen MR) is 130 cm³/mol. The second-order valence-electron chi connectivity index (χ2n) is 9.17. The van der Waals surface area contributed by atoms with Gasteiger partial charge >= 0.3 is 0 Å². The van der Waals surface area contributed by atoms with Gasteiger partial charge < -0.3 is 9.64 Å². The third kappa shape index (κ3) is 5.86. The zero-order valence-electron chi connectivity index (χ0n) is 19.2. The molecule has 1 aromatic carbocycles. The first-order valence-corrected chi connectivity index (χ1v) is 12.8. The van der Waals surface area contributed by atoms with Gasteiger partial charge in [0.15, 0.2) is 5.60 Å². The number of ether oxygens (including phenoxy) is 1. The normalized spacial score (nSPS) is 18.2. The fraction of sp³-hybridized carbons (Fsp3) is 0.542. The van der Waals surface area contributed by atoms with Crippen molar-refractivity contribution in [3.63, 3.8) is 0 Å². The topological polar surface area (TPSA) is 74.8 Å². The number of hydrogen-bond donors (Lipinski definition) is 1. The number of carbonyl (C=O) groups excluding carboxylic acids is 2. The SMILES string of the molecule is CC(C)(Oc1ccccc1Cl)C(=O)N1CCC(c2nc(C(=O)NN3CCCCC3)cs2)CC1. The fourth-order valence-electron chi connectivity index (χ4n) is 4.34. The highest BCUT2D eigenvalue weighted by molar-refractivity contribution is 7.09. The van der Waals surface area contributed by atoms with Crippen molar-refractivity contribution in [2.45, 2.75) is 57.5 Å². The summed E-state index contributed by atoms with van der Waals surface area (Å²) >= 11 is 7.73. The van der Waals surface area contributed by atoms with Gasteiger partial charge in [0.2, 0.25) is 0 Å². The number of halogens is 1. The molecule has 33 heavy (non-hydrogen) atoms. The summed E-state index contributed by atoms with van der Waals surface area (Å²) in [6, 6.07) is 7.18. The molecule has 2 saturated heterocycles. The van der Waals surface area contributed by atoms with Gasteiger partial charge in [0.1, 0.15) is 11.4 Å². The monoisotopic (exact) mass is 490 g/mol. The van der Waals surface area contributed by atoms with E-state index in [1.165, 1.54) is 17.8 Å². The van der Waals surface area contributed by atoms with Crippen LogP contribution in [0.4, 0.5) is 0 Å². The molecule has 0 unspecified atom stereocenters. The van der Waals surface area contributed by atoms with Crippen molar-refractivity contribution in [3.05, 3.63) is 45.4 Å². The number of nitrogens with zero attached hydrogens (tertiary/aromatic N) is 3. The Bertz CT molecular complexity index is 982. The third-order valence-electron chi connectivity index (χ3n) is 6.22. The van der Waals surface area contributed by atoms with Crippen LogP contribution in [0.5, 0.6) is 5.75 Å². The van der Waals surface area contributed by atoms with Crippen molar-refractivity contribution < 1.29 is 14.3 Å². The van der Waals surface area contributed by atoms with E-state index in [1.807, 2.05) is 27.4 Å². The summed E-state index contributed by atoms with van der Waals surface area (Å²) < 4.78 is 5.97. The first-order valence-electron chi connectivity index (χ1n) is 11.6. The number of rotatable bonds is 6. The Kier molecular flexibility index (Phi) is 7.56. The Labute approximate surface area is 204 Å². The highest BCUT2D eigenvalue weighted by Crippen LogP contribution is 2.33. The number of hydrazine groups is 1. The number of likely N-dealkylation sites (tertiary alicyclic amines) is 1. The minimum atomic E-state index is -1.02. The molecule has 0 radical (unpaired) electrons. The van der Waals surface area contributed by atoms with E-state index in [0.29, 0.717) is 29.6 Å². The Balaban J connectivity index is 1.31. The molecule has 0 saturated carbocycles. The molecule has 3 heterocycles. The standard InChI is InChI=1S/C24H31ClN4O3S/c1-24(2,32-20-9-5-4-8-18(20)25)23(31)28-14-10-17(11-15-28)22-26-19(16-33-22)21(30)27-29-12-6-3-7-13-29/h4-5,8-9,16-17H,3,6-7,10-15H2,1-2H3,(H,27,30). The van der Waals surface area contributed by atoms with E-state index in [4.69, 9.17) is 16.3 Å². The largest absolute Gasteiger partial charge is 0.476 e. The van der Waals surface area contributed by atoms with E-state index in [0.717, 1.165) is 43.8 Å². The van der Waals surface area contributed by atoms with Crippen molar-refractivity contribution in [1.29, 1.82) is 0 Å². The maximum atomic E-state index is 13.1. The van der Waals surface area contributed by atoms with E-state index in [9.17, 15) is 9.59 Å². The molecule has 2 fully saturated rings. The van der Waals surface area contributed by atoms with E-state index in [2.05, 4.69) is 10.4 Å². The number of thiazole rings is 1. The molecule has 2 aliphatic rings. The Hall–Kier alpha value is -2.16. The molecule has 178 valence electrons. The summed E-state index contributed by atoms with van der Waals surface area (Å²) in [6.45, 7) is 6.61. The molecule has 0 aliphatic carbocycles. The van der Waals surface area contributed by atoms with Gasteiger partial charge in [0.25, 0.3) is 11.8 Å². The number of aromatic nitrogens is 1. The number of carbonyl (C=O) groups is 2. The smallest absolute Gasteiger partial charge is 0.285 e. The molecule has 7 nitrogen and oxygen atoms in total. The molecular weight excluding hydrogens is 460 g/mol. The number of hydrogen-bond acceptors (Lipinski definition) is 6. The van der Waals surface area contributed by atoms with E-state index >= 15 is 0 Å². The average molecular weight is 491 g/mol. The van der Waals surface area contributed by atoms with Gasteiger partial charge in [-0.2, -0.15) is 0 Å². The van der Waals surface area contributed by atoms with Crippen LogP contribution in [0.25, 0.3) is 0 Å². The van der Waals surface area contributed by atoms with Gasteiger partial charge in [-0.25, -0.2) is 9.99 Å². The second kappa shape index (κ2) is 10.4. The maximum absolute atomic E-state index is 13.1. The van der Waals surface area contributed by atoms with Crippen molar-refractivity contribution in [1.82, 2.24) is 20.3 Å². The summed E-state index contributed by atoms with van der Waals surface area (Å²) in [7, 11) is 0. The summed E-state index contributed by atoms with van der Waals surface area (Å²) in [4.78, 5) is 32.2. The van der Waals surface area contributed by atoms with Crippen LogP contribution in [0, 0.1) is 0 Å². The van der Waals surface area contributed by atoms with Crippen LogP contribution in [-0.4, -0.2) is 58.5 Å². The number of benzene rings is 1. The van der Waals surface area contributed by atoms with E-state index in [1.54, 1.807) is 26.0 Å². The first kappa shape index (κ1) is 24.0. The summed E-state index contributed by atoms with van der Waals surface area (Å²) in [5.74, 6) is 0.570. The highest BCUT2D eigenvalue weighted by Gasteiger charge is 2.37. The van der Waals surface area contributed by atoms with Crippen LogP contribution in [0.2, 0.25) is 5.02 Å². The molecule has 1 N–H and O–H groups in total. The number of amides is 2. The summed E-state index contributed by atoms with van der Waals surface area (Å²) in [5, 5.41) is 5.28. The molecule has 0 bridgehead atoms. The van der Waals surface area contributed by atoms with Gasteiger partial charge in [-0.1, -0.05) is 30.2 Å². The minimum Gasteiger partial charge on any atom is -0.476 e. The van der Waals surface area contributed by atoms with Crippen molar-refractivity contribution in [3.8, 4) is 5.75 Å². The molecule has 2 aliphatic heterocycles. The van der Waals surface area contributed by atoms with Gasteiger partial charge in [0, 0.05) is 37.5 Å². The molecule has 0 atom stereocenters. The van der Waals surface area contributed by atoms with Crippen LogP contribution >= 0.6 is 22.9 Å². The van der Waals surface area contributed by atoms with E-state index < -0.39 is 5.60 Å². The van der Waals surface area contributed by atoms with E-state index in [-0.39, 0.29) is 17.7 Å². The quantitative estimate of drug-likeness (QED) is 0.645. The summed E-state index contributed by atoms with van der Waals surface area (Å²) in [6.07, 6.45) is 5.07. The van der Waals surface area contributed by atoms with Crippen LogP contribution < -0.4 is 10.2 Å². The van der Waals surface area contributed by atoms with Crippen molar-refractivity contribution >= 4 is 34.8 Å². The van der Waals surface area contributed by atoms with Crippen LogP contribution in [-0.2, 0) is 4.79 Å². The molecule has 9 heteroatoms. The number of piperidine rings is 2. The highest BCUT2D eigenvalue weighted by atomic mass is 35.5. The zero-order valence-corrected chi connectivity index (χ0v) is 20.8. The molecular formula is C24H31ClN4O3S. The molecule has 1 aromatic heterocycles. The Morgan fingerprint density at radius 3 is 2.52 bits per heavy atom. The number of nitrogens with one attached hydrogen (secondary N) is 1. The predicted octanol–water partition coefficient (Wildman–Crippen LogP) is 4.49. The molecule has 0 spiro atoms. The van der Waals surface area contributed by atoms with Crippen LogP contribution in [0.15, 0.2) is 29.6 Å². The molecule has 2 amide bonds. The Morgan fingerprint density at radius 1 is 1.12 bits per heavy atom.